The fraction of sp³-hybridized carbons (Fsp3) is 0.407. The fourth-order valence-electron chi connectivity index (χ4n) is 5.55. The molecule has 172 valence electrons. The Labute approximate surface area is 193 Å². The van der Waals surface area contributed by atoms with Crippen molar-refractivity contribution in [3.8, 4) is 5.69 Å². The van der Waals surface area contributed by atoms with Crippen LogP contribution in [0.15, 0.2) is 42.5 Å². The molecule has 3 aromatic rings. The highest BCUT2D eigenvalue weighted by Gasteiger charge is 2.36. The third-order valence-corrected chi connectivity index (χ3v) is 7.12. The molecule has 6 heteroatoms. The Morgan fingerprint density at radius 2 is 1.82 bits per heavy atom. The van der Waals surface area contributed by atoms with Crippen LogP contribution in [-0.4, -0.2) is 33.5 Å². The monoisotopic (exact) mass is 445 g/mol. The number of aliphatic hydroxyl groups excluding tert-OH is 1. The number of nitrogens with two attached hydrogens (primary N) is 1. The van der Waals surface area contributed by atoms with Gasteiger partial charge in [0, 0.05) is 40.5 Å². The molecule has 0 aliphatic heterocycles. The SMILES string of the molecule is CC1(C)CC(=O)c2c(n(-c3ccc(C(N)=O)c(NC4CCC(O)CC4)c3)c3ccccc23)C1. The van der Waals surface area contributed by atoms with E-state index in [1.165, 1.54) is 0 Å². The Kier molecular flexibility index (Phi) is 5.28. The average molecular weight is 446 g/mol. The molecule has 6 nitrogen and oxygen atoms in total. The Bertz CT molecular complexity index is 1250. The van der Waals surface area contributed by atoms with Crippen LogP contribution in [0.4, 0.5) is 5.69 Å². The minimum atomic E-state index is -0.476. The number of aliphatic hydroxyl groups is 1. The first-order chi connectivity index (χ1) is 15.7. The van der Waals surface area contributed by atoms with Gasteiger partial charge >= 0.3 is 0 Å². The van der Waals surface area contributed by atoms with Gasteiger partial charge in [-0.25, -0.2) is 0 Å². The lowest BCUT2D eigenvalue weighted by Gasteiger charge is -2.30. The number of carbonyl (C=O) groups is 2. The van der Waals surface area contributed by atoms with E-state index in [0.717, 1.165) is 60.0 Å². The van der Waals surface area contributed by atoms with Gasteiger partial charge in [-0.2, -0.15) is 0 Å². The summed E-state index contributed by atoms with van der Waals surface area (Å²) >= 11 is 0. The molecule has 0 spiro atoms. The number of amides is 1. The van der Waals surface area contributed by atoms with Gasteiger partial charge in [0.2, 0.25) is 0 Å². The zero-order valence-corrected chi connectivity index (χ0v) is 19.2. The molecule has 1 amide bonds. The number of carbonyl (C=O) groups excluding carboxylic acids is 2. The molecule has 1 aromatic heterocycles. The van der Waals surface area contributed by atoms with Crippen LogP contribution in [0.1, 0.15) is 72.4 Å². The lowest BCUT2D eigenvalue weighted by molar-refractivity contribution is 0.0911. The molecule has 2 aromatic carbocycles. The van der Waals surface area contributed by atoms with Crippen LogP contribution < -0.4 is 11.1 Å². The number of hydrogen-bond acceptors (Lipinski definition) is 4. The van der Waals surface area contributed by atoms with Gasteiger partial charge in [-0.15, -0.1) is 0 Å². The second kappa shape index (κ2) is 8.03. The first-order valence-corrected chi connectivity index (χ1v) is 11.8. The topological polar surface area (TPSA) is 97.4 Å². The summed E-state index contributed by atoms with van der Waals surface area (Å²) in [5.41, 5.74) is 10.5. The number of fused-ring (bicyclic) bond motifs is 3. The van der Waals surface area contributed by atoms with Crippen LogP contribution in [0.2, 0.25) is 0 Å². The standard InChI is InChI=1S/C27H31N3O3/c1-27(2)14-23-25(24(32)15-27)20-5-3-4-6-22(20)30(23)17-9-12-19(26(28)33)21(13-17)29-16-7-10-18(31)11-8-16/h3-6,9,12-13,16,18,29,31H,7-8,10-11,14-15H2,1-2H3,(H2,28,33). The van der Waals surface area contributed by atoms with E-state index in [1.54, 1.807) is 6.07 Å². The average Bonchev–Trinajstić information content (AvgIpc) is 3.08. The maximum atomic E-state index is 13.2. The van der Waals surface area contributed by atoms with Gasteiger partial charge in [0.1, 0.15) is 0 Å². The zero-order chi connectivity index (χ0) is 23.3. The molecule has 33 heavy (non-hydrogen) atoms. The van der Waals surface area contributed by atoms with E-state index in [-0.39, 0.29) is 23.3 Å². The number of Topliss-reactive ketones (excluding diaryl/α,β-unsaturated/α-hetero) is 1. The number of nitrogens with zero attached hydrogens (tertiary/aromatic N) is 1. The number of rotatable bonds is 4. The summed E-state index contributed by atoms with van der Waals surface area (Å²) in [5.74, 6) is -0.292. The van der Waals surface area contributed by atoms with Gasteiger partial charge in [0.25, 0.3) is 5.91 Å². The number of benzene rings is 2. The molecule has 1 heterocycles. The number of hydrogen-bond donors (Lipinski definition) is 3. The van der Waals surface area contributed by atoms with E-state index in [1.807, 2.05) is 36.4 Å². The van der Waals surface area contributed by atoms with Crippen molar-refractivity contribution >= 4 is 28.3 Å². The number of primary amides is 1. The van der Waals surface area contributed by atoms with Crippen molar-refractivity contribution in [2.75, 3.05) is 5.32 Å². The smallest absolute Gasteiger partial charge is 0.250 e. The number of para-hydroxylation sites is 1. The van der Waals surface area contributed by atoms with Crippen molar-refractivity contribution in [2.24, 2.45) is 11.1 Å². The highest BCUT2D eigenvalue weighted by molar-refractivity contribution is 6.11. The Balaban J connectivity index is 1.65. The maximum absolute atomic E-state index is 13.2. The third kappa shape index (κ3) is 3.93. The van der Waals surface area contributed by atoms with Crippen LogP contribution in [0, 0.1) is 5.41 Å². The first kappa shape index (κ1) is 21.7. The van der Waals surface area contributed by atoms with E-state index in [0.29, 0.717) is 17.7 Å². The molecule has 2 aliphatic carbocycles. The lowest BCUT2D eigenvalue weighted by Crippen LogP contribution is -2.29. The van der Waals surface area contributed by atoms with Gasteiger partial charge < -0.3 is 20.7 Å². The predicted octanol–water partition coefficient (Wildman–Crippen LogP) is 4.60. The van der Waals surface area contributed by atoms with Gasteiger partial charge in [-0.05, 0) is 61.8 Å². The second-order valence-electron chi connectivity index (χ2n) is 10.4. The van der Waals surface area contributed by atoms with Crippen LogP contribution in [0.25, 0.3) is 16.6 Å². The Morgan fingerprint density at radius 1 is 1.09 bits per heavy atom. The molecule has 1 fully saturated rings. The summed E-state index contributed by atoms with van der Waals surface area (Å²) in [6, 6.07) is 13.9. The second-order valence-corrected chi connectivity index (χ2v) is 10.4. The highest BCUT2D eigenvalue weighted by Crippen LogP contribution is 2.41. The van der Waals surface area contributed by atoms with Gasteiger partial charge in [-0.3, -0.25) is 9.59 Å². The van der Waals surface area contributed by atoms with Crippen molar-refractivity contribution in [2.45, 2.75) is 64.5 Å². The summed E-state index contributed by atoms with van der Waals surface area (Å²) in [5, 5.41) is 14.3. The molecule has 5 rings (SSSR count). The summed E-state index contributed by atoms with van der Waals surface area (Å²) in [4.78, 5) is 25.3. The molecule has 2 aliphatic rings. The van der Waals surface area contributed by atoms with E-state index in [4.69, 9.17) is 5.73 Å². The normalized spacial score (nSPS) is 22.2. The number of ketones is 1. The third-order valence-electron chi connectivity index (χ3n) is 7.12. The number of anilines is 1. The molecule has 0 radical (unpaired) electrons. The molecule has 0 atom stereocenters. The van der Waals surface area contributed by atoms with Gasteiger partial charge in [0.05, 0.1) is 17.2 Å². The fourth-order valence-corrected chi connectivity index (χ4v) is 5.55. The van der Waals surface area contributed by atoms with Crippen molar-refractivity contribution in [3.05, 3.63) is 59.3 Å². The van der Waals surface area contributed by atoms with Crippen LogP contribution in [0.3, 0.4) is 0 Å². The quantitative estimate of drug-likeness (QED) is 0.547. The highest BCUT2D eigenvalue weighted by atomic mass is 16.3. The largest absolute Gasteiger partial charge is 0.393 e. The van der Waals surface area contributed by atoms with E-state index < -0.39 is 5.91 Å². The summed E-state index contributed by atoms with van der Waals surface area (Å²) in [6.45, 7) is 4.27. The van der Waals surface area contributed by atoms with E-state index in [9.17, 15) is 14.7 Å². The van der Waals surface area contributed by atoms with Gasteiger partial charge in [-0.1, -0.05) is 32.0 Å². The maximum Gasteiger partial charge on any atom is 0.250 e. The molecule has 0 unspecified atom stereocenters. The lowest BCUT2D eigenvalue weighted by atomic mass is 9.75. The molecule has 4 N–H and O–H groups in total. The summed E-state index contributed by atoms with van der Waals surface area (Å²) in [7, 11) is 0. The molecular formula is C27H31N3O3. The number of nitrogens with one attached hydrogen (secondary N) is 1. The molecule has 0 saturated heterocycles. The van der Waals surface area contributed by atoms with Crippen LogP contribution in [0.5, 0.6) is 0 Å². The van der Waals surface area contributed by atoms with Crippen molar-refractivity contribution < 1.29 is 14.7 Å². The Hall–Kier alpha value is -3.12. The first-order valence-electron chi connectivity index (χ1n) is 11.8. The molecule has 1 saturated carbocycles. The minimum absolute atomic E-state index is 0.118. The Morgan fingerprint density at radius 3 is 2.55 bits per heavy atom. The van der Waals surface area contributed by atoms with E-state index in [2.05, 4.69) is 23.7 Å². The van der Waals surface area contributed by atoms with Crippen molar-refractivity contribution in [1.29, 1.82) is 0 Å². The predicted molar refractivity (Wildman–Crippen MR) is 130 cm³/mol. The minimum Gasteiger partial charge on any atom is -0.393 e. The van der Waals surface area contributed by atoms with Crippen molar-refractivity contribution in [3.63, 3.8) is 0 Å². The van der Waals surface area contributed by atoms with Gasteiger partial charge in [0.15, 0.2) is 5.78 Å². The van der Waals surface area contributed by atoms with Crippen LogP contribution >= 0.6 is 0 Å². The number of aromatic nitrogens is 1. The van der Waals surface area contributed by atoms with Crippen LogP contribution in [-0.2, 0) is 6.42 Å². The van der Waals surface area contributed by atoms with E-state index >= 15 is 0 Å². The molecular weight excluding hydrogens is 414 g/mol. The van der Waals surface area contributed by atoms with Crippen molar-refractivity contribution in [1.82, 2.24) is 4.57 Å². The zero-order valence-electron chi connectivity index (χ0n) is 19.2. The molecule has 0 bridgehead atoms. The summed E-state index contributed by atoms with van der Waals surface area (Å²) < 4.78 is 2.17. The summed E-state index contributed by atoms with van der Waals surface area (Å²) in [6.07, 6.45) is 4.26.